The zero-order valence-electron chi connectivity index (χ0n) is 10.5. The molecule has 1 amide bonds. The molecule has 1 aliphatic carbocycles. The highest BCUT2D eigenvalue weighted by Crippen LogP contribution is 2.23. The van der Waals surface area contributed by atoms with Crippen LogP contribution in [-0.2, 0) is 10.0 Å². The normalized spacial score (nSPS) is 23.8. The molecule has 0 saturated heterocycles. The van der Waals surface area contributed by atoms with Gasteiger partial charge in [-0.15, -0.1) is 0 Å². The highest BCUT2D eigenvalue weighted by molar-refractivity contribution is 7.90. The predicted molar refractivity (Wildman–Crippen MR) is 71.1 cm³/mol. The second kappa shape index (κ2) is 5.71. The van der Waals surface area contributed by atoms with Gasteiger partial charge in [0, 0.05) is 5.56 Å². The number of nitrogens with one attached hydrogen (secondary N) is 1. The molecule has 1 aromatic rings. The summed E-state index contributed by atoms with van der Waals surface area (Å²) in [6.07, 6.45) is 1.28. The number of rotatable bonds is 3. The smallest absolute Gasteiger partial charge is 0.264 e. The third kappa shape index (κ3) is 3.54. The van der Waals surface area contributed by atoms with Crippen molar-refractivity contribution in [3.8, 4) is 0 Å². The van der Waals surface area contributed by atoms with Gasteiger partial charge in [0.2, 0.25) is 10.0 Å². The van der Waals surface area contributed by atoms with Crippen molar-refractivity contribution in [3.05, 3.63) is 35.9 Å². The molecule has 0 bridgehead atoms. The molecule has 1 saturated carbocycles. The highest BCUT2D eigenvalue weighted by Gasteiger charge is 2.31. The van der Waals surface area contributed by atoms with E-state index in [0.29, 0.717) is 31.2 Å². The van der Waals surface area contributed by atoms with Crippen LogP contribution in [0, 0.1) is 0 Å². The van der Waals surface area contributed by atoms with E-state index in [9.17, 15) is 18.3 Å². The number of sulfonamides is 1. The lowest BCUT2D eigenvalue weighted by Crippen LogP contribution is -2.40. The highest BCUT2D eigenvalue weighted by atomic mass is 32.2. The van der Waals surface area contributed by atoms with Crippen molar-refractivity contribution in [1.82, 2.24) is 4.72 Å². The van der Waals surface area contributed by atoms with Gasteiger partial charge in [-0.05, 0) is 37.8 Å². The van der Waals surface area contributed by atoms with Gasteiger partial charge in [0.05, 0.1) is 11.4 Å². The molecule has 0 atom stereocenters. The van der Waals surface area contributed by atoms with Crippen LogP contribution >= 0.6 is 0 Å². The van der Waals surface area contributed by atoms with Crippen LogP contribution in [0.5, 0.6) is 0 Å². The van der Waals surface area contributed by atoms with Crippen LogP contribution < -0.4 is 4.72 Å². The molecular formula is C13H17NO4S. The van der Waals surface area contributed by atoms with Crippen molar-refractivity contribution in [1.29, 1.82) is 0 Å². The Labute approximate surface area is 112 Å². The van der Waals surface area contributed by atoms with Gasteiger partial charge in [-0.25, -0.2) is 13.1 Å². The molecule has 104 valence electrons. The molecule has 1 fully saturated rings. The fraction of sp³-hybridized carbons (Fsp3) is 0.462. The molecule has 19 heavy (non-hydrogen) atoms. The lowest BCUT2D eigenvalue weighted by atomic mass is 9.97. The van der Waals surface area contributed by atoms with Gasteiger partial charge in [-0.1, -0.05) is 18.2 Å². The van der Waals surface area contributed by atoms with Gasteiger partial charge in [-0.2, -0.15) is 0 Å². The second-order valence-electron chi connectivity index (χ2n) is 4.77. The van der Waals surface area contributed by atoms with E-state index in [1.165, 1.54) is 0 Å². The first-order chi connectivity index (χ1) is 8.99. The Morgan fingerprint density at radius 1 is 1.11 bits per heavy atom. The maximum absolute atomic E-state index is 12.1. The Morgan fingerprint density at radius 3 is 2.26 bits per heavy atom. The molecule has 1 aromatic carbocycles. The van der Waals surface area contributed by atoms with Crippen LogP contribution in [0.4, 0.5) is 0 Å². The van der Waals surface area contributed by atoms with Gasteiger partial charge in [0.25, 0.3) is 5.91 Å². The monoisotopic (exact) mass is 283 g/mol. The zero-order chi connectivity index (χ0) is 13.9. The minimum Gasteiger partial charge on any atom is -0.393 e. The summed E-state index contributed by atoms with van der Waals surface area (Å²) in [5.74, 6) is -0.605. The van der Waals surface area contributed by atoms with Crippen molar-refractivity contribution in [2.45, 2.75) is 37.0 Å². The van der Waals surface area contributed by atoms with Crippen LogP contribution in [0.1, 0.15) is 36.0 Å². The second-order valence-corrected chi connectivity index (χ2v) is 6.73. The molecular weight excluding hydrogens is 266 g/mol. The lowest BCUT2D eigenvalue weighted by molar-refractivity contribution is 0.0980. The Morgan fingerprint density at radius 2 is 1.68 bits per heavy atom. The zero-order valence-corrected chi connectivity index (χ0v) is 11.3. The van der Waals surface area contributed by atoms with Gasteiger partial charge < -0.3 is 5.11 Å². The first kappa shape index (κ1) is 14.0. The molecule has 1 aliphatic rings. The molecule has 2 N–H and O–H groups in total. The molecule has 0 heterocycles. The number of hydrogen-bond donors (Lipinski definition) is 2. The summed E-state index contributed by atoms with van der Waals surface area (Å²) < 4.78 is 26.2. The average molecular weight is 283 g/mol. The minimum absolute atomic E-state index is 0.321. The van der Waals surface area contributed by atoms with E-state index in [1.807, 2.05) is 0 Å². The molecule has 0 radical (unpaired) electrons. The Balaban J connectivity index is 2.03. The van der Waals surface area contributed by atoms with E-state index in [4.69, 9.17) is 0 Å². The van der Waals surface area contributed by atoms with E-state index in [0.717, 1.165) is 0 Å². The Kier molecular flexibility index (Phi) is 4.21. The summed E-state index contributed by atoms with van der Waals surface area (Å²) in [6.45, 7) is 0. The van der Waals surface area contributed by atoms with Gasteiger partial charge >= 0.3 is 0 Å². The maximum atomic E-state index is 12.1. The number of aliphatic hydroxyl groups excluding tert-OH is 1. The fourth-order valence-corrected chi connectivity index (χ4v) is 3.65. The Bertz CT molecular complexity index is 533. The van der Waals surface area contributed by atoms with E-state index < -0.39 is 27.3 Å². The van der Waals surface area contributed by atoms with Crippen molar-refractivity contribution in [2.75, 3.05) is 0 Å². The molecule has 0 aliphatic heterocycles. The molecule has 0 spiro atoms. The van der Waals surface area contributed by atoms with Crippen LogP contribution in [0.15, 0.2) is 30.3 Å². The fourth-order valence-electron chi connectivity index (χ4n) is 2.22. The minimum atomic E-state index is -3.66. The van der Waals surface area contributed by atoms with E-state index >= 15 is 0 Å². The number of hydrogen-bond acceptors (Lipinski definition) is 4. The van der Waals surface area contributed by atoms with Crippen LogP contribution in [-0.4, -0.2) is 30.8 Å². The number of carbonyl (C=O) groups is 1. The first-order valence-corrected chi connectivity index (χ1v) is 7.83. The van der Waals surface area contributed by atoms with Crippen molar-refractivity contribution >= 4 is 15.9 Å². The van der Waals surface area contributed by atoms with Crippen LogP contribution in [0.25, 0.3) is 0 Å². The lowest BCUT2D eigenvalue weighted by Gasteiger charge is -2.25. The third-order valence-electron chi connectivity index (χ3n) is 3.35. The van der Waals surface area contributed by atoms with Crippen molar-refractivity contribution in [3.63, 3.8) is 0 Å². The topological polar surface area (TPSA) is 83.5 Å². The Hall–Kier alpha value is -1.40. The third-order valence-corrected chi connectivity index (χ3v) is 5.17. The number of aliphatic hydroxyl groups is 1. The summed E-state index contributed by atoms with van der Waals surface area (Å²) in [7, 11) is -3.66. The maximum Gasteiger partial charge on any atom is 0.264 e. The number of carbonyl (C=O) groups excluding carboxylic acids is 1. The quantitative estimate of drug-likeness (QED) is 0.868. The van der Waals surface area contributed by atoms with Crippen molar-refractivity contribution < 1.29 is 18.3 Å². The van der Waals surface area contributed by atoms with Crippen LogP contribution in [0.2, 0.25) is 0 Å². The predicted octanol–water partition coefficient (Wildman–Crippen LogP) is 1.05. The van der Waals surface area contributed by atoms with Crippen LogP contribution in [0.3, 0.4) is 0 Å². The number of amides is 1. The van der Waals surface area contributed by atoms with Gasteiger partial charge in [0.15, 0.2) is 0 Å². The van der Waals surface area contributed by atoms with E-state index in [2.05, 4.69) is 4.72 Å². The molecule has 0 aromatic heterocycles. The number of benzene rings is 1. The van der Waals surface area contributed by atoms with Crippen molar-refractivity contribution in [2.24, 2.45) is 0 Å². The van der Waals surface area contributed by atoms with Gasteiger partial charge in [0.1, 0.15) is 0 Å². The summed E-state index contributed by atoms with van der Waals surface area (Å²) in [5.41, 5.74) is 0.321. The molecule has 2 rings (SSSR count). The summed E-state index contributed by atoms with van der Waals surface area (Å²) in [5, 5.41) is 8.78. The molecule has 5 nitrogen and oxygen atoms in total. The van der Waals surface area contributed by atoms with E-state index in [-0.39, 0.29) is 0 Å². The summed E-state index contributed by atoms with van der Waals surface area (Å²) in [4.78, 5) is 11.8. The summed E-state index contributed by atoms with van der Waals surface area (Å²) in [6, 6.07) is 8.25. The first-order valence-electron chi connectivity index (χ1n) is 6.28. The SMILES string of the molecule is O=C(NS(=O)(=O)C1CCC(O)CC1)c1ccccc1. The van der Waals surface area contributed by atoms with Gasteiger partial charge in [-0.3, -0.25) is 4.79 Å². The standard InChI is InChI=1S/C13H17NO4S/c15-11-6-8-12(9-7-11)19(17,18)14-13(16)10-4-2-1-3-5-10/h1-5,11-12,15H,6-9H2,(H,14,16). The molecule has 6 heteroatoms. The van der Waals surface area contributed by atoms with E-state index in [1.54, 1.807) is 30.3 Å². The molecule has 0 unspecified atom stereocenters. The average Bonchev–Trinajstić information content (AvgIpc) is 2.40. The summed E-state index contributed by atoms with van der Waals surface area (Å²) >= 11 is 0. The largest absolute Gasteiger partial charge is 0.393 e.